The van der Waals surface area contributed by atoms with Crippen LogP contribution in [-0.2, 0) is 63.5 Å². The Labute approximate surface area is 473 Å². The van der Waals surface area contributed by atoms with E-state index in [0.29, 0.717) is 71.3 Å². The summed E-state index contributed by atoms with van der Waals surface area (Å²) < 4.78 is 50.9. The molecule has 2 fully saturated rings. The molecule has 9 atom stereocenters. The van der Waals surface area contributed by atoms with Gasteiger partial charge >= 0.3 is 18.2 Å². The SMILES string of the molecule is COc1cc2cc(c1Cl)N(C)C(=O)C[C@H](OC(=O)[C@H](N)N(C)C(=O)CCCC(=O)N(C)CCOCCOCCOCCOCCN(C)C(=O)OC1CC/C=C/CCC1)[C@]1(N)O[C@H]1[C@H](C)[C@@H]1C[C@@](O)(NC(=O)O1)[C@H](O)/C=C/C=C(\C)C2. The van der Waals surface area contributed by atoms with E-state index >= 15 is 0 Å². The minimum atomic E-state index is -2.16. The highest BCUT2D eigenvalue weighted by Gasteiger charge is 2.65. The number of methoxy groups -OCH3 is 1. The monoisotopic (exact) mass is 1150 g/mol. The van der Waals surface area contributed by atoms with Gasteiger partial charge < -0.3 is 78.2 Å². The van der Waals surface area contributed by atoms with Gasteiger partial charge in [0.05, 0.1) is 72.1 Å². The van der Waals surface area contributed by atoms with Gasteiger partial charge in [-0.2, -0.15) is 0 Å². The molecule has 1 aliphatic carbocycles. The third-order valence-corrected chi connectivity index (χ3v) is 14.9. The van der Waals surface area contributed by atoms with Crippen molar-refractivity contribution in [3.8, 4) is 5.75 Å². The molecule has 25 heteroatoms. The fourth-order valence-corrected chi connectivity index (χ4v) is 9.56. The minimum absolute atomic E-state index is 0.0210. The van der Waals surface area contributed by atoms with Crippen LogP contribution in [0.3, 0.4) is 0 Å². The van der Waals surface area contributed by atoms with Crippen LogP contribution in [-0.4, -0.2) is 210 Å². The average molecular weight is 1150 g/mol. The fraction of sp³-hybridized carbons (Fsp3) is 0.673. The number of ether oxygens (including phenoxy) is 9. The fourth-order valence-electron chi connectivity index (χ4n) is 9.25. The Balaban J connectivity index is 1.03. The molecule has 448 valence electrons. The molecule has 5 amide bonds. The molecule has 3 aliphatic heterocycles. The lowest BCUT2D eigenvalue weighted by Crippen LogP contribution is -2.63. The van der Waals surface area contributed by atoms with Crippen LogP contribution in [0.2, 0.25) is 5.02 Å². The van der Waals surface area contributed by atoms with Gasteiger partial charge in [0.2, 0.25) is 17.7 Å². The van der Waals surface area contributed by atoms with Crippen LogP contribution in [0.15, 0.2) is 48.1 Å². The predicted octanol–water partition coefficient (Wildman–Crippen LogP) is 3.31. The van der Waals surface area contributed by atoms with Crippen molar-refractivity contribution < 1.29 is 81.6 Å². The van der Waals surface area contributed by atoms with Crippen molar-refractivity contribution in [3.05, 3.63) is 58.7 Å². The summed E-state index contributed by atoms with van der Waals surface area (Å²) in [7, 11) is 7.52. The quantitative estimate of drug-likeness (QED) is 0.0248. The number of carbonyl (C=O) groups excluding carboxylic acids is 6. The van der Waals surface area contributed by atoms with Crippen molar-refractivity contribution in [2.45, 2.75) is 133 Å². The Bertz CT molecular complexity index is 2340. The summed E-state index contributed by atoms with van der Waals surface area (Å²) in [5.74, 6) is -3.06. The van der Waals surface area contributed by atoms with Gasteiger partial charge in [0.25, 0.3) is 0 Å². The zero-order valence-electron chi connectivity index (χ0n) is 47.3. The number of halogens is 1. The number of nitrogens with zero attached hydrogens (tertiary/aromatic N) is 4. The predicted molar refractivity (Wildman–Crippen MR) is 293 cm³/mol. The molecule has 0 spiro atoms. The lowest BCUT2D eigenvalue weighted by molar-refractivity contribution is -0.163. The second-order valence-corrected chi connectivity index (χ2v) is 21.0. The third-order valence-electron chi connectivity index (χ3n) is 14.5. The van der Waals surface area contributed by atoms with E-state index in [-0.39, 0.29) is 66.9 Å². The van der Waals surface area contributed by atoms with Gasteiger partial charge in [0.15, 0.2) is 23.7 Å². The van der Waals surface area contributed by atoms with E-state index in [4.69, 9.17) is 65.7 Å². The summed E-state index contributed by atoms with van der Waals surface area (Å²) in [4.78, 5) is 84.8. The Morgan fingerprint density at radius 3 is 2.20 bits per heavy atom. The Kier molecular flexibility index (Phi) is 25.9. The third kappa shape index (κ3) is 19.4. The highest BCUT2D eigenvalue weighted by molar-refractivity contribution is 6.35. The minimum Gasteiger partial charge on any atom is -0.495 e. The van der Waals surface area contributed by atoms with E-state index in [0.717, 1.165) is 42.6 Å². The van der Waals surface area contributed by atoms with Gasteiger partial charge in [-0.1, -0.05) is 54.5 Å². The van der Waals surface area contributed by atoms with E-state index in [1.807, 2.05) is 6.92 Å². The molecule has 80 heavy (non-hydrogen) atoms. The van der Waals surface area contributed by atoms with Crippen LogP contribution in [0.1, 0.15) is 83.6 Å². The van der Waals surface area contributed by atoms with Gasteiger partial charge in [-0.15, -0.1) is 0 Å². The number of alkyl carbamates (subject to hydrolysis) is 1. The second-order valence-electron chi connectivity index (χ2n) is 20.7. The van der Waals surface area contributed by atoms with Gasteiger partial charge in [-0.05, 0) is 69.6 Å². The highest BCUT2D eigenvalue weighted by Crippen LogP contribution is 2.46. The number of carbonyl (C=O) groups is 6. The van der Waals surface area contributed by atoms with Crippen LogP contribution in [0.25, 0.3) is 0 Å². The highest BCUT2D eigenvalue weighted by atomic mass is 35.5. The van der Waals surface area contributed by atoms with Crippen LogP contribution in [0.5, 0.6) is 5.75 Å². The molecule has 1 aromatic carbocycles. The molecule has 4 aliphatic rings. The number of aliphatic hydroxyl groups is 2. The summed E-state index contributed by atoms with van der Waals surface area (Å²) in [6.07, 6.45) is 4.74. The molecule has 3 heterocycles. The number of benzene rings is 1. The van der Waals surface area contributed by atoms with Crippen molar-refractivity contribution in [3.63, 3.8) is 0 Å². The molecule has 4 bridgehead atoms. The first kappa shape index (κ1) is 65.4. The Morgan fingerprint density at radius 1 is 0.912 bits per heavy atom. The molecule has 1 unspecified atom stereocenters. The zero-order valence-corrected chi connectivity index (χ0v) is 48.0. The number of aliphatic hydroxyl groups excluding tert-OH is 1. The summed E-state index contributed by atoms with van der Waals surface area (Å²) in [6.45, 7) is 6.88. The first-order valence-corrected chi connectivity index (χ1v) is 27.6. The molecular weight excluding hydrogens is 1070 g/mol. The Hall–Kier alpha value is -5.41. The summed E-state index contributed by atoms with van der Waals surface area (Å²) >= 11 is 6.75. The van der Waals surface area contributed by atoms with Gasteiger partial charge in [-0.25, -0.2) is 14.4 Å². The maximum Gasteiger partial charge on any atom is 0.409 e. The molecule has 5 rings (SSSR count). The summed E-state index contributed by atoms with van der Waals surface area (Å²) in [5, 5.41) is 25.0. The smallest absolute Gasteiger partial charge is 0.409 e. The average Bonchev–Trinajstić information content (AvgIpc) is 4.30. The number of rotatable bonds is 24. The van der Waals surface area contributed by atoms with E-state index < -0.39 is 78.2 Å². The second kappa shape index (κ2) is 31.7. The van der Waals surface area contributed by atoms with E-state index in [9.17, 15) is 39.0 Å². The van der Waals surface area contributed by atoms with E-state index in [1.165, 1.54) is 42.0 Å². The van der Waals surface area contributed by atoms with Crippen molar-refractivity contribution in [1.29, 1.82) is 0 Å². The van der Waals surface area contributed by atoms with Crippen LogP contribution in [0, 0.1) is 5.92 Å². The van der Waals surface area contributed by atoms with Gasteiger partial charge in [0, 0.05) is 66.5 Å². The lowest BCUT2D eigenvalue weighted by Gasteiger charge is -2.41. The number of fused-ring (bicyclic) bond motifs is 5. The van der Waals surface area contributed by atoms with Gasteiger partial charge in [0.1, 0.15) is 35.2 Å². The van der Waals surface area contributed by atoms with E-state index in [1.54, 1.807) is 45.3 Å². The van der Waals surface area contributed by atoms with Crippen molar-refractivity contribution in [2.24, 2.45) is 17.4 Å². The van der Waals surface area contributed by atoms with E-state index in [2.05, 4.69) is 17.5 Å². The number of nitrogens with two attached hydrogens (primary N) is 2. The zero-order chi connectivity index (χ0) is 58.6. The van der Waals surface area contributed by atoms with Gasteiger partial charge in [-0.3, -0.25) is 25.4 Å². The summed E-state index contributed by atoms with van der Waals surface area (Å²) in [5.41, 5.74) is 10.9. The maximum absolute atomic E-state index is 14.2. The first-order chi connectivity index (χ1) is 38.1. The molecule has 7 N–H and O–H groups in total. The summed E-state index contributed by atoms with van der Waals surface area (Å²) in [6, 6.07) is 3.41. The largest absolute Gasteiger partial charge is 0.495 e. The van der Waals surface area contributed by atoms with Crippen LogP contribution < -0.4 is 26.4 Å². The van der Waals surface area contributed by atoms with Crippen LogP contribution >= 0.6 is 11.6 Å². The van der Waals surface area contributed by atoms with Crippen molar-refractivity contribution in [2.75, 3.05) is 106 Å². The normalized spacial score (nSPS) is 27.1. The lowest BCUT2D eigenvalue weighted by atomic mass is 9.86. The standard InChI is InChI=1S/C55H84ClN7O17/c1-36-15-13-18-43(64)54(71)35-42(78-52(69)59-54)37(2)49-55(58,80-49)44(34-47(67)62(5)40-32-38(31-36)33-41(72-7)48(40)56)79-51(68)50(57)63(6)46(66)20-14-19-45(65)60(3)21-23-73-25-27-75-29-30-76-28-26-74-24-22-61(4)53(70)77-39-16-11-9-8-10-12-17-39/h8-9,13,15,18,32-33,37,39,42-44,49-50,64,71H,10-12,14,16-17,19-31,34-35,57-58H2,1-7H3,(H,59,69)/b9-8+,18-13+,36-15+/t37-,39?,42+,43-,44+,49+,50-,54+,55+/m1/s1. The molecule has 2 saturated heterocycles. The number of hydrogen-bond donors (Lipinski definition) is 5. The number of amides is 5. The Morgan fingerprint density at radius 2 is 1.54 bits per heavy atom. The number of nitrogens with one attached hydrogen (secondary N) is 1. The number of hydrogen-bond acceptors (Lipinski definition) is 19. The molecule has 0 saturated carbocycles. The van der Waals surface area contributed by atoms with Crippen molar-refractivity contribution >= 4 is 53.2 Å². The molecular formula is C55H84ClN7O17. The number of likely N-dealkylation sites (N-methyl/N-ethyl adjacent to an activating group) is 3. The number of epoxide rings is 1. The molecule has 24 nitrogen and oxygen atoms in total. The van der Waals surface area contributed by atoms with Crippen molar-refractivity contribution in [1.82, 2.24) is 20.0 Å². The maximum atomic E-state index is 14.2. The topological polar surface area (TPSA) is 306 Å². The first-order valence-electron chi connectivity index (χ1n) is 27.2. The number of anilines is 1. The number of allylic oxidation sites excluding steroid dienone is 5. The number of esters is 1. The molecule has 1 aromatic rings. The molecule has 0 radical (unpaired) electrons. The van der Waals surface area contributed by atoms with Crippen LogP contribution in [0.4, 0.5) is 15.3 Å². The molecule has 0 aromatic heterocycles.